The van der Waals surface area contributed by atoms with E-state index in [4.69, 9.17) is 0 Å². The Morgan fingerprint density at radius 2 is 1.11 bits per heavy atom. The van der Waals surface area contributed by atoms with Crippen LogP contribution in [0.2, 0.25) is 0 Å². The fourth-order valence-electron chi connectivity index (χ4n) is 21.6. The van der Waals surface area contributed by atoms with Crippen molar-refractivity contribution in [2.45, 2.75) is 133 Å². The Hall–Kier alpha value is -5.28. The molecule has 2 aliphatic heterocycles. The topological polar surface area (TPSA) is 8.17 Å². The van der Waals surface area contributed by atoms with Crippen molar-refractivity contribution in [2.24, 2.45) is 46.3 Å². The molecular formula is C67H63BN2. The molecule has 70 heavy (non-hydrogen) atoms. The average molecular weight is 907 g/mol. The number of fused-ring (bicyclic) bond motifs is 13. The molecule has 4 atom stereocenters. The van der Waals surface area contributed by atoms with E-state index in [0.29, 0.717) is 21.7 Å². The summed E-state index contributed by atoms with van der Waals surface area (Å²) >= 11 is 0. The molecule has 8 aromatic rings. The van der Waals surface area contributed by atoms with Crippen molar-refractivity contribution in [3.63, 3.8) is 0 Å². The molecule has 8 fully saturated rings. The van der Waals surface area contributed by atoms with Gasteiger partial charge in [-0.1, -0.05) is 94.4 Å². The van der Waals surface area contributed by atoms with E-state index in [1.165, 1.54) is 165 Å². The summed E-state index contributed by atoms with van der Waals surface area (Å²) in [7, 11) is 0. The smallest absolute Gasteiger partial charge is 0.333 e. The van der Waals surface area contributed by atoms with Gasteiger partial charge in [-0.2, -0.15) is 0 Å². The second-order valence-electron chi connectivity index (χ2n) is 28.0. The van der Waals surface area contributed by atoms with Crippen LogP contribution < -0.4 is 15.8 Å². The van der Waals surface area contributed by atoms with Gasteiger partial charge in [0.2, 0.25) is 0 Å². The van der Waals surface area contributed by atoms with Crippen molar-refractivity contribution in [1.82, 2.24) is 4.48 Å². The molecule has 4 unspecified atom stereocenters. The van der Waals surface area contributed by atoms with E-state index in [1.807, 2.05) is 0 Å². The average Bonchev–Trinajstić information content (AvgIpc) is 4.13. The molecule has 1 aromatic heterocycles. The van der Waals surface area contributed by atoms with E-state index in [9.17, 15) is 0 Å². The molecule has 7 aromatic carbocycles. The van der Waals surface area contributed by atoms with Gasteiger partial charge < -0.3 is 9.38 Å². The molecule has 0 saturated heterocycles. The van der Waals surface area contributed by atoms with Crippen LogP contribution in [0.25, 0.3) is 54.5 Å². The Kier molecular flexibility index (Phi) is 6.30. The summed E-state index contributed by atoms with van der Waals surface area (Å²) in [5.41, 5.74) is 23.0. The minimum atomic E-state index is 0.0351. The van der Waals surface area contributed by atoms with Crippen LogP contribution in [0, 0.1) is 53.3 Å². The molecule has 11 aliphatic rings. The Bertz CT molecular complexity index is 3830. The van der Waals surface area contributed by atoms with Gasteiger partial charge in [0.25, 0.3) is 0 Å². The zero-order valence-corrected chi connectivity index (χ0v) is 41.8. The number of aryl methyl sites for hydroxylation is 1. The molecule has 0 N–H and O–H groups in total. The van der Waals surface area contributed by atoms with Crippen molar-refractivity contribution in [2.75, 3.05) is 4.90 Å². The van der Waals surface area contributed by atoms with Gasteiger partial charge in [0.1, 0.15) is 0 Å². The highest BCUT2D eigenvalue weighted by molar-refractivity contribution is 6.90. The standard InChI is InChI=1S/C67H63BN2/c1-36-18-53-54(63(4,5)17-16-62(53,2)3)29-57(36)69-58-21-38-11-7-6-10-37(38)20-55(58)68-59-50(19-39-12-8-9-13-48(39)61(59)69)52-28-41(65-32-46-24-43-25-47(33-65)67(43,46)35-65)27-51-49-26-40(14-15-56(49)70(68)60(51)52)64-30-44-22-42-23-45(31-64)66(42,44)34-64/h6-15,18-21,26-29,42-47H,16-17,22-25,30-35H2,1-5H3. The van der Waals surface area contributed by atoms with Crippen LogP contribution in [0.3, 0.4) is 0 Å². The van der Waals surface area contributed by atoms with Crippen LogP contribution in [0.5, 0.6) is 0 Å². The van der Waals surface area contributed by atoms with Crippen molar-refractivity contribution < 1.29 is 0 Å². The summed E-state index contributed by atoms with van der Waals surface area (Å²) in [6, 6.07) is 45.6. The number of hydrogen-bond acceptors (Lipinski definition) is 1. The second-order valence-corrected chi connectivity index (χ2v) is 28.0. The molecule has 3 heterocycles. The Labute approximate surface area is 413 Å². The van der Waals surface area contributed by atoms with Crippen LogP contribution in [0.15, 0.2) is 109 Å². The van der Waals surface area contributed by atoms with Crippen LogP contribution in [-0.2, 0) is 21.7 Å². The number of nitrogens with zero attached hydrogens (tertiary/aromatic N) is 2. The number of aromatic nitrogens is 1. The van der Waals surface area contributed by atoms with Crippen LogP contribution in [0.1, 0.15) is 133 Å². The summed E-state index contributed by atoms with van der Waals surface area (Å²) in [4.78, 5) is 2.79. The third kappa shape index (κ3) is 3.99. The summed E-state index contributed by atoms with van der Waals surface area (Å²) in [5, 5.41) is 8.44. The normalized spacial score (nSPS) is 35.8. The lowest BCUT2D eigenvalue weighted by molar-refractivity contribution is -0.175. The molecule has 19 rings (SSSR count). The highest BCUT2D eigenvalue weighted by atomic mass is 15.2. The van der Waals surface area contributed by atoms with Crippen LogP contribution in [-0.4, -0.2) is 11.3 Å². The predicted octanol–water partition coefficient (Wildman–Crippen LogP) is 15.3. The first-order chi connectivity index (χ1) is 33.9. The minimum absolute atomic E-state index is 0.0351. The molecule has 0 amide bonds. The molecule has 344 valence electrons. The molecule has 4 bridgehead atoms. The second kappa shape index (κ2) is 11.5. The highest BCUT2D eigenvalue weighted by Gasteiger charge is 2.78. The van der Waals surface area contributed by atoms with Crippen molar-refractivity contribution in [3.05, 3.63) is 137 Å². The van der Waals surface area contributed by atoms with Gasteiger partial charge in [-0.25, -0.2) is 0 Å². The fourth-order valence-corrected chi connectivity index (χ4v) is 21.6. The first-order valence-corrected chi connectivity index (χ1v) is 28.1. The lowest BCUT2D eigenvalue weighted by Gasteiger charge is -2.66. The quantitative estimate of drug-likeness (QED) is 0.160. The van der Waals surface area contributed by atoms with E-state index in [-0.39, 0.29) is 17.7 Å². The molecule has 0 radical (unpaired) electrons. The Morgan fingerprint density at radius 1 is 0.514 bits per heavy atom. The van der Waals surface area contributed by atoms with E-state index in [0.717, 1.165) is 35.5 Å². The summed E-state index contributed by atoms with van der Waals surface area (Å²) in [6.45, 7) is 12.4. The van der Waals surface area contributed by atoms with Gasteiger partial charge in [0.05, 0.1) is 5.69 Å². The SMILES string of the molecule is Cc1cc2c(cc1N1c3cc4ccccc4cc3B3c4c(cc5ccccc5c41)-c1cc(C45CC6CC7CC(C4)C76C5)cc4c5cc(C67CC8CC9CC(C6)C98C7)ccc5n3c14)C(C)(C)CCC2(C)C. The number of benzene rings is 7. The molecule has 8 saturated carbocycles. The maximum Gasteiger partial charge on any atom is 0.333 e. The highest BCUT2D eigenvalue weighted by Crippen LogP contribution is 2.86. The third-order valence-electron chi connectivity index (χ3n) is 24.7. The fraction of sp³-hybridized carbons (Fsp3) is 0.433. The lowest BCUT2D eigenvalue weighted by Crippen LogP contribution is -2.59. The van der Waals surface area contributed by atoms with Crippen molar-refractivity contribution >= 4 is 78.2 Å². The van der Waals surface area contributed by atoms with Crippen molar-refractivity contribution in [1.29, 1.82) is 0 Å². The maximum atomic E-state index is 2.91. The number of hydrogen-bond donors (Lipinski definition) is 0. The zero-order chi connectivity index (χ0) is 46.0. The van der Waals surface area contributed by atoms with Gasteiger partial charge in [0, 0.05) is 44.1 Å². The molecule has 2 nitrogen and oxygen atoms in total. The largest absolute Gasteiger partial charge is 0.375 e. The van der Waals surface area contributed by atoms with Crippen LogP contribution in [0.4, 0.5) is 17.1 Å². The molecule has 2 spiro atoms. The van der Waals surface area contributed by atoms with E-state index in [2.05, 4.69) is 153 Å². The molecule has 9 aliphatic carbocycles. The summed E-state index contributed by atoms with van der Waals surface area (Å²) in [5.74, 6) is 5.92. The van der Waals surface area contributed by atoms with Gasteiger partial charge in [-0.15, -0.1) is 0 Å². The minimum Gasteiger partial charge on any atom is -0.375 e. The van der Waals surface area contributed by atoms with Gasteiger partial charge in [-0.3, -0.25) is 0 Å². The first-order valence-electron chi connectivity index (χ1n) is 28.1. The monoisotopic (exact) mass is 907 g/mol. The van der Waals surface area contributed by atoms with Crippen LogP contribution >= 0.6 is 0 Å². The maximum absolute atomic E-state index is 2.91. The van der Waals surface area contributed by atoms with E-state index < -0.39 is 0 Å². The third-order valence-corrected chi connectivity index (χ3v) is 24.7. The molecule has 3 heteroatoms. The Morgan fingerprint density at radius 3 is 1.77 bits per heavy atom. The summed E-state index contributed by atoms with van der Waals surface area (Å²) in [6.07, 6.45) is 17.1. The predicted molar refractivity (Wildman–Crippen MR) is 290 cm³/mol. The number of rotatable bonds is 3. The Balaban J connectivity index is 0.936. The molecular weight excluding hydrogens is 844 g/mol. The summed E-state index contributed by atoms with van der Waals surface area (Å²) < 4.78 is 2.91. The van der Waals surface area contributed by atoms with Crippen molar-refractivity contribution in [3.8, 4) is 11.1 Å². The first kappa shape index (κ1) is 38.4. The van der Waals surface area contributed by atoms with Gasteiger partial charge >= 0.3 is 6.85 Å². The van der Waals surface area contributed by atoms with Gasteiger partial charge in [-0.05, 0) is 255 Å². The zero-order valence-electron chi connectivity index (χ0n) is 41.8. The van der Waals surface area contributed by atoms with E-state index in [1.54, 1.807) is 22.1 Å². The lowest BCUT2D eigenvalue weighted by atomic mass is 9.38. The van der Waals surface area contributed by atoms with E-state index >= 15 is 0 Å². The van der Waals surface area contributed by atoms with Gasteiger partial charge in [0.15, 0.2) is 0 Å². The number of anilines is 3.